The van der Waals surface area contributed by atoms with Crippen LogP contribution in [0, 0.1) is 0 Å². The van der Waals surface area contributed by atoms with Crippen LogP contribution in [0.15, 0.2) is 54.7 Å². The van der Waals surface area contributed by atoms with Crippen LogP contribution >= 0.6 is 11.6 Å². The highest BCUT2D eigenvalue weighted by Crippen LogP contribution is 2.19. The van der Waals surface area contributed by atoms with Crippen LogP contribution in [-0.4, -0.2) is 28.1 Å². The number of anilines is 1. The first kappa shape index (κ1) is 16.9. The standard InChI is InChI=1S/C18H16ClN3O3/c19-12-4-3-5-13(9-12)21-18(25)22-16(17(23)24)8-11-10-20-15-7-2-1-6-14(11)15/h1-7,9-10,16,20H,8H2,(H,23,24)(H2,21,22,25)/t16-/m0/s1. The first-order valence-electron chi connectivity index (χ1n) is 7.64. The maximum Gasteiger partial charge on any atom is 0.326 e. The molecule has 0 aliphatic carbocycles. The number of aliphatic carboxylic acids is 1. The van der Waals surface area contributed by atoms with Crippen LogP contribution in [0.25, 0.3) is 10.9 Å². The van der Waals surface area contributed by atoms with Crippen molar-refractivity contribution in [3.63, 3.8) is 0 Å². The van der Waals surface area contributed by atoms with Gasteiger partial charge in [0.05, 0.1) is 0 Å². The van der Waals surface area contributed by atoms with Crippen LogP contribution < -0.4 is 10.6 Å². The number of aromatic nitrogens is 1. The van der Waals surface area contributed by atoms with Gasteiger partial charge >= 0.3 is 12.0 Å². The summed E-state index contributed by atoms with van der Waals surface area (Å²) in [6, 6.07) is 12.6. The number of carbonyl (C=O) groups excluding carboxylic acids is 1. The molecule has 0 aliphatic heterocycles. The number of urea groups is 1. The molecule has 0 aliphatic rings. The molecule has 2 amide bonds. The lowest BCUT2D eigenvalue weighted by atomic mass is 10.1. The Labute approximate surface area is 148 Å². The highest BCUT2D eigenvalue weighted by atomic mass is 35.5. The van der Waals surface area contributed by atoms with Gasteiger partial charge in [0.2, 0.25) is 0 Å². The van der Waals surface area contributed by atoms with Gasteiger partial charge in [-0.25, -0.2) is 9.59 Å². The average Bonchev–Trinajstić information content (AvgIpc) is 2.97. The Morgan fingerprint density at radius 2 is 1.96 bits per heavy atom. The molecule has 25 heavy (non-hydrogen) atoms. The van der Waals surface area contributed by atoms with Crippen LogP contribution in [0.1, 0.15) is 5.56 Å². The van der Waals surface area contributed by atoms with Crippen LogP contribution in [0.3, 0.4) is 0 Å². The second kappa shape index (κ2) is 7.27. The number of H-pyrrole nitrogens is 1. The smallest absolute Gasteiger partial charge is 0.326 e. The minimum absolute atomic E-state index is 0.169. The molecule has 128 valence electrons. The minimum Gasteiger partial charge on any atom is -0.480 e. The molecule has 0 saturated heterocycles. The zero-order chi connectivity index (χ0) is 17.8. The van der Waals surface area contributed by atoms with Gasteiger partial charge < -0.3 is 20.7 Å². The molecular weight excluding hydrogens is 342 g/mol. The number of fused-ring (bicyclic) bond motifs is 1. The van der Waals surface area contributed by atoms with Gasteiger partial charge in [-0.2, -0.15) is 0 Å². The third-order valence-corrected chi connectivity index (χ3v) is 4.02. The van der Waals surface area contributed by atoms with Crippen molar-refractivity contribution in [1.29, 1.82) is 0 Å². The van der Waals surface area contributed by atoms with Gasteiger partial charge in [0.25, 0.3) is 0 Å². The van der Waals surface area contributed by atoms with E-state index in [0.29, 0.717) is 10.7 Å². The topological polar surface area (TPSA) is 94.2 Å². The van der Waals surface area contributed by atoms with Gasteiger partial charge in [0.1, 0.15) is 6.04 Å². The van der Waals surface area contributed by atoms with E-state index in [0.717, 1.165) is 16.5 Å². The van der Waals surface area contributed by atoms with E-state index < -0.39 is 18.0 Å². The van der Waals surface area contributed by atoms with Gasteiger partial charge in [-0.1, -0.05) is 35.9 Å². The van der Waals surface area contributed by atoms with Crippen molar-refractivity contribution in [2.45, 2.75) is 12.5 Å². The van der Waals surface area contributed by atoms with E-state index in [1.54, 1.807) is 30.5 Å². The maximum absolute atomic E-state index is 12.1. The molecule has 0 unspecified atom stereocenters. The van der Waals surface area contributed by atoms with Gasteiger partial charge in [0, 0.05) is 34.2 Å². The summed E-state index contributed by atoms with van der Waals surface area (Å²) in [6.07, 6.45) is 1.93. The summed E-state index contributed by atoms with van der Waals surface area (Å²) in [5.41, 5.74) is 2.23. The fourth-order valence-electron chi connectivity index (χ4n) is 2.61. The Balaban J connectivity index is 1.71. The predicted octanol–water partition coefficient (Wildman–Crippen LogP) is 3.64. The monoisotopic (exact) mass is 357 g/mol. The molecule has 2 aromatic carbocycles. The van der Waals surface area contributed by atoms with Gasteiger partial charge in [-0.05, 0) is 29.8 Å². The summed E-state index contributed by atoms with van der Waals surface area (Å²) >= 11 is 5.87. The van der Waals surface area contributed by atoms with E-state index in [4.69, 9.17) is 11.6 Å². The number of nitrogens with one attached hydrogen (secondary N) is 3. The van der Waals surface area contributed by atoms with E-state index in [-0.39, 0.29) is 6.42 Å². The number of rotatable bonds is 5. The molecule has 7 heteroatoms. The first-order chi connectivity index (χ1) is 12.0. The Bertz CT molecular complexity index is 923. The van der Waals surface area contributed by atoms with E-state index >= 15 is 0 Å². The number of benzene rings is 2. The summed E-state index contributed by atoms with van der Waals surface area (Å²) in [4.78, 5) is 26.7. The summed E-state index contributed by atoms with van der Waals surface area (Å²) < 4.78 is 0. The molecule has 0 spiro atoms. The molecule has 0 fully saturated rings. The van der Waals surface area contributed by atoms with Gasteiger partial charge in [-0.15, -0.1) is 0 Å². The summed E-state index contributed by atoms with van der Waals surface area (Å²) in [7, 11) is 0. The third-order valence-electron chi connectivity index (χ3n) is 3.78. The molecule has 1 heterocycles. The average molecular weight is 358 g/mol. The van der Waals surface area contributed by atoms with E-state index in [9.17, 15) is 14.7 Å². The molecular formula is C18H16ClN3O3. The molecule has 6 nitrogen and oxygen atoms in total. The van der Waals surface area contributed by atoms with Crippen molar-refractivity contribution < 1.29 is 14.7 Å². The van der Waals surface area contributed by atoms with Crippen molar-refractivity contribution in [2.24, 2.45) is 0 Å². The zero-order valence-electron chi connectivity index (χ0n) is 13.1. The highest BCUT2D eigenvalue weighted by molar-refractivity contribution is 6.30. The summed E-state index contributed by atoms with van der Waals surface area (Å²) in [5.74, 6) is -1.11. The number of carboxylic acid groups (broad SMARTS) is 1. The maximum atomic E-state index is 12.1. The summed E-state index contributed by atoms with van der Waals surface area (Å²) in [6.45, 7) is 0. The van der Waals surface area contributed by atoms with Crippen molar-refractivity contribution in [3.8, 4) is 0 Å². The second-order valence-electron chi connectivity index (χ2n) is 5.56. The number of hydrogen-bond donors (Lipinski definition) is 4. The van der Waals surface area contributed by atoms with Gasteiger partial charge in [-0.3, -0.25) is 0 Å². The number of carboxylic acids is 1. The third kappa shape index (κ3) is 4.10. The number of amides is 2. The Kier molecular flexibility index (Phi) is 4.90. The van der Waals surface area contributed by atoms with Crippen molar-refractivity contribution >= 4 is 40.2 Å². The second-order valence-corrected chi connectivity index (χ2v) is 6.00. The fraction of sp³-hybridized carbons (Fsp3) is 0.111. The van der Waals surface area contributed by atoms with Crippen LogP contribution in [0.4, 0.5) is 10.5 Å². The number of halogens is 1. The Morgan fingerprint density at radius 3 is 2.72 bits per heavy atom. The van der Waals surface area contributed by atoms with Crippen molar-refractivity contribution in [1.82, 2.24) is 10.3 Å². The Morgan fingerprint density at radius 1 is 1.16 bits per heavy atom. The highest BCUT2D eigenvalue weighted by Gasteiger charge is 2.22. The molecule has 4 N–H and O–H groups in total. The molecule has 0 radical (unpaired) electrons. The fourth-order valence-corrected chi connectivity index (χ4v) is 2.80. The lowest BCUT2D eigenvalue weighted by molar-refractivity contribution is -0.139. The quantitative estimate of drug-likeness (QED) is 0.561. The SMILES string of the molecule is O=C(Nc1cccc(Cl)c1)N[C@@H](Cc1c[nH]c2ccccc12)C(=O)O. The number of hydrogen-bond acceptors (Lipinski definition) is 2. The zero-order valence-corrected chi connectivity index (χ0v) is 13.9. The van der Waals surface area contributed by atoms with E-state index in [1.807, 2.05) is 24.3 Å². The predicted molar refractivity (Wildman–Crippen MR) is 97.0 cm³/mol. The largest absolute Gasteiger partial charge is 0.480 e. The van der Waals surface area contributed by atoms with Crippen LogP contribution in [0.2, 0.25) is 5.02 Å². The molecule has 1 atom stereocenters. The number of carbonyl (C=O) groups is 2. The van der Waals surface area contributed by atoms with Gasteiger partial charge in [0.15, 0.2) is 0 Å². The molecule has 3 aromatic rings. The van der Waals surface area contributed by atoms with Crippen molar-refractivity contribution in [3.05, 3.63) is 65.3 Å². The minimum atomic E-state index is -1.11. The molecule has 0 saturated carbocycles. The lowest BCUT2D eigenvalue weighted by Crippen LogP contribution is -2.44. The van der Waals surface area contributed by atoms with Crippen molar-refractivity contribution in [2.75, 3.05) is 5.32 Å². The number of para-hydroxylation sites is 1. The number of aromatic amines is 1. The molecule has 3 rings (SSSR count). The molecule has 1 aromatic heterocycles. The van der Waals surface area contributed by atoms with E-state index in [2.05, 4.69) is 15.6 Å². The molecule has 0 bridgehead atoms. The summed E-state index contributed by atoms with van der Waals surface area (Å²) in [5, 5.41) is 15.9. The van der Waals surface area contributed by atoms with E-state index in [1.165, 1.54) is 0 Å². The first-order valence-corrected chi connectivity index (χ1v) is 8.01. The van der Waals surface area contributed by atoms with Crippen LogP contribution in [-0.2, 0) is 11.2 Å². The van der Waals surface area contributed by atoms with Crippen LogP contribution in [0.5, 0.6) is 0 Å². The Hall–Kier alpha value is -2.99. The lowest BCUT2D eigenvalue weighted by Gasteiger charge is -2.15. The normalized spacial score (nSPS) is 11.9.